The molecule has 2 saturated carbocycles. The van der Waals surface area contributed by atoms with Gasteiger partial charge in [-0.15, -0.1) is 0 Å². The molecule has 1 heterocycles. The minimum atomic E-state index is 0.749. The molecule has 2 fully saturated rings. The van der Waals surface area contributed by atoms with Crippen LogP contribution in [0.4, 0.5) is 0 Å². The summed E-state index contributed by atoms with van der Waals surface area (Å²) in [5.41, 5.74) is 5.34. The summed E-state index contributed by atoms with van der Waals surface area (Å²) in [7, 11) is 1.77. The van der Waals surface area contributed by atoms with E-state index in [1.165, 1.54) is 105 Å². The van der Waals surface area contributed by atoms with E-state index >= 15 is 0 Å². The summed E-state index contributed by atoms with van der Waals surface area (Å²) in [5, 5.41) is 5.27. The van der Waals surface area contributed by atoms with Crippen molar-refractivity contribution in [3.8, 4) is 16.9 Å². The van der Waals surface area contributed by atoms with E-state index in [0.29, 0.717) is 0 Å². The van der Waals surface area contributed by atoms with Crippen LogP contribution in [0.3, 0.4) is 0 Å². The Morgan fingerprint density at radius 2 is 1.68 bits per heavy atom. The number of hydrogen-bond donors (Lipinski definition) is 1. The average molecular weight is 459 g/mol. The number of rotatable bonds is 9. The summed E-state index contributed by atoms with van der Waals surface area (Å²) in [6.07, 6.45) is 18.8. The molecule has 34 heavy (non-hydrogen) atoms. The lowest BCUT2D eigenvalue weighted by Crippen LogP contribution is -2.31. The lowest BCUT2D eigenvalue weighted by molar-refractivity contribution is 0.322. The quantitative estimate of drug-likeness (QED) is 0.332. The van der Waals surface area contributed by atoms with Gasteiger partial charge in [-0.25, -0.2) is 0 Å². The predicted molar refractivity (Wildman–Crippen MR) is 144 cm³/mol. The molecule has 3 aromatic rings. The molecule has 1 N–H and O–H groups in total. The molecule has 0 aliphatic heterocycles. The van der Waals surface area contributed by atoms with Crippen molar-refractivity contribution >= 4 is 10.9 Å². The fourth-order valence-electron chi connectivity index (χ4n) is 6.31. The second-order valence-corrected chi connectivity index (χ2v) is 10.6. The first-order chi connectivity index (χ1) is 16.8. The van der Waals surface area contributed by atoms with Crippen LogP contribution in [0.2, 0.25) is 0 Å². The Bertz CT molecular complexity index is 1060. The molecule has 0 atom stereocenters. The number of aromatic nitrogens is 1. The number of nitrogens with zero attached hydrogens (tertiary/aromatic N) is 1. The molecule has 0 amide bonds. The Morgan fingerprint density at radius 3 is 2.47 bits per heavy atom. The topological polar surface area (TPSA) is 26.2 Å². The van der Waals surface area contributed by atoms with Crippen molar-refractivity contribution < 1.29 is 4.74 Å². The fourth-order valence-corrected chi connectivity index (χ4v) is 6.31. The Labute approximate surface area is 205 Å². The molecule has 2 aliphatic carbocycles. The number of hydrogen-bond acceptors (Lipinski definition) is 2. The van der Waals surface area contributed by atoms with E-state index < -0.39 is 0 Å². The third-order valence-corrected chi connectivity index (χ3v) is 8.22. The molecule has 5 rings (SSSR count). The van der Waals surface area contributed by atoms with Crippen LogP contribution in [0.15, 0.2) is 48.7 Å². The Morgan fingerprint density at radius 1 is 0.912 bits per heavy atom. The van der Waals surface area contributed by atoms with Crippen molar-refractivity contribution in [2.75, 3.05) is 13.7 Å². The maximum atomic E-state index is 5.67. The van der Waals surface area contributed by atoms with E-state index in [1.54, 1.807) is 7.11 Å². The summed E-state index contributed by atoms with van der Waals surface area (Å²) < 4.78 is 8.24. The van der Waals surface area contributed by atoms with Crippen LogP contribution in [-0.2, 0) is 13.0 Å². The van der Waals surface area contributed by atoms with Gasteiger partial charge in [0.15, 0.2) is 0 Å². The monoisotopic (exact) mass is 458 g/mol. The molecule has 0 spiro atoms. The van der Waals surface area contributed by atoms with Gasteiger partial charge in [0.05, 0.1) is 7.11 Å². The zero-order valence-electron chi connectivity index (χ0n) is 21.0. The maximum absolute atomic E-state index is 5.67. The Hall–Kier alpha value is -2.26. The molecule has 3 nitrogen and oxygen atoms in total. The highest BCUT2D eigenvalue weighted by atomic mass is 16.5. The van der Waals surface area contributed by atoms with Crippen LogP contribution in [-0.4, -0.2) is 24.3 Å². The number of para-hydroxylation sites is 1. The van der Waals surface area contributed by atoms with E-state index in [1.807, 2.05) is 6.07 Å². The second kappa shape index (κ2) is 11.4. The van der Waals surface area contributed by atoms with Crippen molar-refractivity contribution in [3.05, 3.63) is 54.2 Å². The van der Waals surface area contributed by atoms with Gasteiger partial charge in [-0.05, 0) is 80.3 Å². The van der Waals surface area contributed by atoms with Gasteiger partial charge in [0.2, 0.25) is 0 Å². The molecule has 1 aromatic heterocycles. The molecule has 182 valence electrons. The zero-order chi connectivity index (χ0) is 23.2. The van der Waals surface area contributed by atoms with Crippen molar-refractivity contribution in [2.24, 2.45) is 5.92 Å². The van der Waals surface area contributed by atoms with Gasteiger partial charge in [0.25, 0.3) is 0 Å². The second-order valence-electron chi connectivity index (χ2n) is 10.6. The van der Waals surface area contributed by atoms with E-state index in [0.717, 1.165) is 30.7 Å². The van der Waals surface area contributed by atoms with Gasteiger partial charge in [-0.3, -0.25) is 0 Å². The largest absolute Gasteiger partial charge is 0.496 e. The van der Waals surface area contributed by atoms with Crippen LogP contribution < -0.4 is 10.1 Å². The molecule has 0 saturated heterocycles. The lowest BCUT2D eigenvalue weighted by atomic mass is 9.89. The van der Waals surface area contributed by atoms with Gasteiger partial charge in [-0.2, -0.15) is 0 Å². The molecule has 0 unspecified atom stereocenters. The summed E-state index contributed by atoms with van der Waals surface area (Å²) in [6, 6.07) is 16.2. The van der Waals surface area contributed by atoms with Crippen LogP contribution in [0.25, 0.3) is 22.0 Å². The standard InChI is InChI=1S/C31H42N2O/c1-34-31-17-9-8-16-28(31)25-18-19-30-29(21-25)26(13-10-20-32-27-14-6-3-7-15-27)23-33(30)22-24-11-4-2-5-12-24/h8-9,16-19,21,23-24,27,32H,2-7,10-15,20,22H2,1H3. The van der Waals surface area contributed by atoms with Crippen LogP contribution >= 0.6 is 0 Å². The predicted octanol–water partition coefficient (Wildman–Crippen LogP) is 7.75. The van der Waals surface area contributed by atoms with Crippen LogP contribution in [0.1, 0.15) is 76.2 Å². The average Bonchev–Trinajstić information content (AvgIpc) is 3.24. The minimum absolute atomic E-state index is 0.749. The molecule has 0 radical (unpaired) electrons. The molecular formula is C31H42N2O. The number of methoxy groups -OCH3 is 1. The number of fused-ring (bicyclic) bond motifs is 1. The Kier molecular flexibility index (Phi) is 7.90. The number of aryl methyl sites for hydroxylation is 1. The normalized spacial score (nSPS) is 17.9. The summed E-state index contributed by atoms with van der Waals surface area (Å²) in [4.78, 5) is 0. The molecule has 2 aliphatic rings. The number of ether oxygens (including phenoxy) is 1. The molecular weight excluding hydrogens is 416 g/mol. The summed E-state index contributed by atoms with van der Waals surface area (Å²) in [5.74, 6) is 1.78. The van der Waals surface area contributed by atoms with Gasteiger partial charge in [0, 0.05) is 35.2 Å². The first kappa shape index (κ1) is 23.5. The maximum Gasteiger partial charge on any atom is 0.126 e. The zero-order valence-corrected chi connectivity index (χ0v) is 21.0. The summed E-state index contributed by atoms with van der Waals surface area (Å²) >= 11 is 0. The van der Waals surface area contributed by atoms with Gasteiger partial charge < -0.3 is 14.6 Å². The first-order valence-electron chi connectivity index (χ1n) is 13.8. The van der Waals surface area contributed by atoms with Crippen LogP contribution in [0.5, 0.6) is 5.75 Å². The number of benzene rings is 2. The summed E-state index contributed by atoms with van der Waals surface area (Å²) in [6.45, 7) is 2.30. The highest BCUT2D eigenvalue weighted by Crippen LogP contribution is 2.35. The highest BCUT2D eigenvalue weighted by Gasteiger charge is 2.18. The lowest BCUT2D eigenvalue weighted by Gasteiger charge is -2.22. The van der Waals surface area contributed by atoms with Gasteiger partial charge >= 0.3 is 0 Å². The highest BCUT2D eigenvalue weighted by molar-refractivity contribution is 5.89. The first-order valence-corrected chi connectivity index (χ1v) is 13.8. The minimum Gasteiger partial charge on any atom is -0.496 e. The molecule has 3 heteroatoms. The third kappa shape index (κ3) is 5.51. The van der Waals surface area contributed by atoms with E-state index in [-0.39, 0.29) is 0 Å². The van der Waals surface area contributed by atoms with Crippen LogP contribution in [0, 0.1) is 5.92 Å². The number of nitrogens with one attached hydrogen (secondary N) is 1. The van der Waals surface area contributed by atoms with Gasteiger partial charge in [-0.1, -0.05) is 62.8 Å². The van der Waals surface area contributed by atoms with Gasteiger partial charge in [0.1, 0.15) is 5.75 Å². The van der Waals surface area contributed by atoms with Crippen molar-refractivity contribution in [3.63, 3.8) is 0 Å². The van der Waals surface area contributed by atoms with Crippen molar-refractivity contribution in [1.29, 1.82) is 0 Å². The smallest absolute Gasteiger partial charge is 0.126 e. The fraction of sp³-hybridized carbons (Fsp3) is 0.548. The van der Waals surface area contributed by atoms with E-state index in [4.69, 9.17) is 4.74 Å². The Balaban J connectivity index is 1.38. The molecule has 2 aromatic carbocycles. The van der Waals surface area contributed by atoms with E-state index in [9.17, 15) is 0 Å². The van der Waals surface area contributed by atoms with Crippen molar-refractivity contribution in [2.45, 2.75) is 89.6 Å². The van der Waals surface area contributed by atoms with E-state index in [2.05, 4.69) is 52.5 Å². The molecule has 0 bridgehead atoms. The third-order valence-electron chi connectivity index (χ3n) is 8.22. The van der Waals surface area contributed by atoms with Crippen molar-refractivity contribution in [1.82, 2.24) is 9.88 Å². The SMILES string of the molecule is COc1ccccc1-c1ccc2c(c1)c(CCCNC1CCCCC1)cn2CC1CCCCC1.